The summed E-state index contributed by atoms with van der Waals surface area (Å²) >= 11 is 5.98. The van der Waals surface area contributed by atoms with Crippen LogP contribution in [0.5, 0.6) is 0 Å². The van der Waals surface area contributed by atoms with Crippen LogP contribution < -0.4 is 5.32 Å². The molecule has 3 rings (SSSR count). The number of Topliss-reactive ketones (excluding diaryl/α,β-unsaturated/α-hetero) is 1. The molecule has 0 aliphatic rings. The minimum absolute atomic E-state index is 0.0825. The summed E-state index contributed by atoms with van der Waals surface area (Å²) in [7, 11) is 0. The van der Waals surface area contributed by atoms with Crippen molar-refractivity contribution in [1.82, 2.24) is 19.7 Å². The van der Waals surface area contributed by atoms with Gasteiger partial charge in [-0.05, 0) is 31.2 Å². The molecule has 0 radical (unpaired) electrons. The number of hydrogen-bond acceptors (Lipinski definition) is 6. The summed E-state index contributed by atoms with van der Waals surface area (Å²) in [5.74, 6) is -1.50. The van der Waals surface area contributed by atoms with Crippen LogP contribution in [0.4, 0.5) is 5.69 Å². The van der Waals surface area contributed by atoms with Crippen molar-refractivity contribution >= 4 is 34.9 Å². The van der Waals surface area contributed by atoms with E-state index in [2.05, 4.69) is 20.4 Å². The number of amides is 1. The summed E-state index contributed by atoms with van der Waals surface area (Å²) in [4.78, 5) is 41.9. The van der Waals surface area contributed by atoms with Crippen LogP contribution in [0.25, 0.3) is 5.69 Å². The molecule has 0 atom stereocenters. The first-order valence-electron chi connectivity index (χ1n) is 7.75. The lowest BCUT2D eigenvalue weighted by Gasteiger charge is -2.11. The van der Waals surface area contributed by atoms with Gasteiger partial charge < -0.3 is 15.0 Å². The summed E-state index contributed by atoms with van der Waals surface area (Å²) in [5, 5.41) is 7.04. The first-order valence-corrected chi connectivity index (χ1v) is 8.12. The summed E-state index contributed by atoms with van der Waals surface area (Å²) in [6, 6.07) is 6.22. The number of nitrogens with zero attached hydrogens (tertiary/aromatic N) is 3. The van der Waals surface area contributed by atoms with Crippen molar-refractivity contribution in [2.24, 2.45) is 0 Å². The predicted molar refractivity (Wildman–Crippen MR) is 96.1 cm³/mol. The number of ketones is 1. The second-order valence-corrected chi connectivity index (χ2v) is 5.92. The Morgan fingerprint density at radius 3 is 2.78 bits per heavy atom. The molecule has 0 spiro atoms. The number of hydrogen-bond donors (Lipinski definition) is 2. The van der Waals surface area contributed by atoms with Crippen molar-refractivity contribution < 1.29 is 19.1 Å². The third kappa shape index (κ3) is 4.39. The van der Waals surface area contributed by atoms with E-state index in [4.69, 9.17) is 16.3 Å². The van der Waals surface area contributed by atoms with Crippen molar-refractivity contribution in [3.63, 3.8) is 0 Å². The van der Waals surface area contributed by atoms with Crippen LogP contribution in [0, 0.1) is 0 Å². The largest absolute Gasteiger partial charge is 0.451 e. The molecule has 0 saturated carbocycles. The van der Waals surface area contributed by atoms with E-state index in [1.54, 1.807) is 18.2 Å². The molecule has 1 aromatic carbocycles. The number of esters is 1. The maximum atomic E-state index is 12.2. The Hall–Kier alpha value is -3.46. The number of nitrogens with one attached hydrogen (secondary N) is 2. The maximum absolute atomic E-state index is 12.2. The van der Waals surface area contributed by atoms with Gasteiger partial charge in [0, 0.05) is 16.8 Å². The molecule has 2 aromatic heterocycles. The normalized spacial score (nSPS) is 10.4. The van der Waals surface area contributed by atoms with E-state index in [0.717, 1.165) is 0 Å². The number of carbonyl (C=O) groups excluding carboxylic acids is 3. The van der Waals surface area contributed by atoms with E-state index in [1.807, 2.05) is 0 Å². The lowest BCUT2D eigenvalue weighted by Crippen LogP contribution is -2.22. The molecule has 0 saturated heterocycles. The van der Waals surface area contributed by atoms with Crippen LogP contribution in [0.1, 0.15) is 27.8 Å². The number of aromatic amines is 1. The Bertz CT molecular complexity index is 997. The highest BCUT2D eigenvalue weighted by atomic mass is 35.5. The number of ether oxygens (including phenoxy) is 1. The highest BCUT2D eigenvalue weighted by Crippen LogP contribution is 2.23. The van der Waals surface area contributed by atoms with Crippen molar-refractivity contribution in [2.45, 2.75) is 6.92 Å². The van der Waals surface area contributed by atoms with Crippen LogP contribution in [-0.4, -0.2) is 44.0 Å². The number of rotatable bonds is 6. The zero-order valence-electron chi connectivity index (χ0n) is 14.1. The van der Waals surface area contributed by atoms with E-state index in [9.17, 15) is 14.4 Å². The van der Waals surface area contributed by atoms with Crippen molar-refractivity contribution in [2.75, 3.05) is 11.9 Å². The zero-order valence-corrected chi connectivity index (χ0v) is 14.9. The molecule has 138 valence electrons. The van der Waals surface area contributed by atoms with Crippen LogP contribution in [0.15, 0.2) is 43.1 Å². The average molecular weight is 388 g/mol. The number of benzene rings is 1. The topological polar surface area (TPSA) is 119 Å². The fourth-order valence-electron chi connectivity index (χ4n) is 2.25. The molecule has 10 heteroatoms. The third-order valence-electron chi connectivity index (χ3n) is 3.54. The lowest BCUT2D eigenvalue weighted by atomic mass is 10.2. The molecule has 3 aromatic rings. The minimum Gasteiger partial charge on any atom is -0.451 e. The highest BCUT2D eigenvalue weighted by molar-refractivity contribution is 6.31. The van der Waals surface area contributed by atoms with E-state index in [0.29, 0.717) is 22.0 Å². The predicted octanol–water partition coefficient (Wildman–Crippen LogP) is 2.25. The van der Waals surface area contributed by atoms with E-state index < -0.39 is 18.5 Å². The summed E-state index contributed by atoms with van der Waals surface area (Å²) in [6.07, 6.45) is 4.22. The zero-order chi connectivity index (χ0) is 19.4. The molecule has 27 heavy (non-hydrogen) atoms. The number of H-pyrrole nitrogens is 1. The SMILES string of the molecule is CC(=O)c1c[nH]c(C(=O)OCC(=O)Nc2cc(Cl)ccc2-n2cncn2)c1. The van der Waals surface area contributed by atoms with Gasteiger partial charge in [-0.3, -0.25) is 9.59 Å². The van der Waals surface area contributed by atoms with Gasteiger partial charge in [0.25, 0.3) is 5.91 Å². The second-order valence-electron chi connectivity index (χ2n) is 5.48. The Balaban J connectivity index is 1.65. The van der Waals surface area contributed by atoms with E-state index in [-0.39, 0.29) is 11.5 Å². The smallest absolute Gasteiger partial charge is 0.355 e. The van der Waals surface area contributed by atoms with Crippen molar-refractivity contribution in [1.29, 1.82) is 0 Å². The molecule has 0 aliphatic heterocycles. The Labute approximate surface area is 158 Å². The second kappa shape index (κ2) is 7.83. The summed E-state index contributed by atoms with van der Waals surface area (Å²) in [6.45, 7) is 0.861. The maximum Gasteiger partial charge on any atom is 0.355 e. The van der Waals surface area contributed by atoms with Gasteiger partial charge in [-0.15, -0.1) is 0 Å². The van der Waals surface area contributed by atoms with Crippen LogP contribution in [-0.2, 0) is 9.53 Å². The van der Waals surface area contributed by atoms with Gasteiger partial charge in [-0.1, -0.05) is 11.6 Å². The third-order valence-corrected chi connectivity index (χ3v) is 3.78. The van der Waals surface area contributed by atoms with Gasteiger partial charge >= 0.3 is 5.97 Å². The van der Waals surface area contributed by atoms with Crippen molar-refractivity contribution in [3.8, 4) is 5.69 Å². The molecular weight excluding hydrogens is 374 g/mol. The molecule has 0 bridgehead atoms. The van der Waals surface area contributed by atoms with Gasteiger partial charge in [0.1, 0.15) is 18.3 Å². The first-order chi connectivity index (χ1) is 12.9. The summed E-state index contributed by atoms with van der Waals surface area (Å²) < 4.78 is 6.41. The van der Waals surface area contributed by atoms with Crippen LogP contribution in [0.3, 0.4) is 0 Å². The Morgan fingerprint density at radius 2 is 2.11 bits per heavy atom. The van der Waals surface area contributed by atoms with Gasteiger partial charge in [0.2, 0.25) is 0 Å². The molecular formula is C17H14ClN5O4. The number of anilines is 1. The summed E-state index contributed by atoms with van der Waals surface area (Å²) in [5.41, 5.74) is 1.36. The Morgan fingerprint density at radius 1 is 1.30 bits per heavy atom. The van der Waals surface area contributed by atoms with Gasteiger partial charge in [-0.25, -0.2) is 14.5 Å². The molecule has 2 N–H and O–H groups in total. The van der Waals surface area contributed by atoms with Crippen LogP contribution in [0.2, 0.25) is 5.02 Å². The van der Waals surface area contributed by atoms with Gasteiger partial charge in [0.15, 0.2) is 12.4 Å². The standard InChI is InChI=1S/C17H14ClN5O4/c1-10(24)11-4-14(20-6-11)17(26)27-7-16(25)22-13-5-12(18)2-3-15(13)23-9-19-8-21-23/h2-6,8-9,20H,7H2,1H3,(H,22,25). The number of aromatic nitrogens is 4. The highest BCUT2D eigenvalue weighted by Gasteiger charge is 2.15. The van der Waals surface area contributed by atoms with Gasteiger partial charge in [0.05, 0.1) is 11.4 Å². The molecule has 0 fully saturated rings. The van der Waals surface area contributed by atoms with Crippen molar-refractivity contribution in [3.05, 3.63) is 59.4 Å². The lowest BCUT2D eigenvalue weighted by molar-refractivity contribution is -0.119. The number of carbonyl (C=O) groups is 3. The molecule has 0 aliphatic carbocycles. The average Bonchev–Trinajstić information content (AvgIpc) is 3.31. The van der Waals surface area contributed by atoms with Crippen LogP contribution >= 0.6 is 11.6 Å². The van der Waals surface area contributed by atoms with E-state index >= 15 is 0 Å². The molecule has 2 heterocycles. The first kappa shape index (κ1) is 18.3. The quantitative estimate of drug-likeness (QED) is 0.494. The molecule has 9 nitrogen and oxygen atoms in total. The minimum atomic E-state index is -0.750. The fourth-order valence-corrected chi connectivity index (χ4v) is 2.42. The Kier molecular flexibility index (Phi) is 5.32. The van der Waals surface area contributed by atoms with E-state index in [1.165, 1.54) is 36.5 Å². The number of halogens is 1. The molecule has 1 amide bonds. The monoisotopic (exact) mass is 387 g/mol. The van der Waals surface area contributed by atoms with Gasteiger partial charge in [-0.2, -0.15) is 5.10 Å². The fraction of sp³-hybridized carbons (Fsp3) is 0.118. The molecule has 0 unspecified atom stereocenters.